The van der Waals surface area contributed by atoms with Gasteiger partial charge in [-0.1, -0.05) is 24.3 Å². The molecule has 2 aromatic carbocycles. The normalized spacial score (nSPS) is 10.7. The lowest BCUT2D eigenvalue weighted by Crippen LogP contribution is -2.10. The lowest BCUT2D eigenvalue weighted by Gasteiger charge is -2.17. The summed E-state index contributed by atoms with van der Waals surface area (Å²) in [6, 6.07) is 12.9. The summed E-state index contributed by atoms with van der Waals surface area (Å²) in [5.41, 5.74) is 2.53. The summed E-state index contributed by atoms with van der Waals surface area (Å²) in [6.07, 6.45) is 0. The van der Waals surface area contributed by atoms with Gasteiger partial charge < -0.3 is 4.90 Å². The summed E-state index contributed by atoms with van der Waals surface area (Å²) < 4.78 is 0. The smallest absolute Gasteiger partial charge is 0.0443 e. The molecule has 0 heterocycles. The summed E-state index contributed by atoms with van der Waals surface area (Å²) in [5, 5.41) is 6.78. The number of benzene rings is 2. The standard InChI is InChI=1S/C14H17N2/c1-15-10-11-8-12-6-4-5-7-13(12)14(9-11)16(2)3/h4-9H,10H2,1-3H3. The van der Waals surface area contributed by atoms with Crippen molar-refractivity contribution in [2.45, 2.75) is 6.54 Å². The van der Waals surface area contributed by atoms with Gasteiger partial charge in [-0.3, -0.25) is 0 Å². The van der Waals surface area contributed by atoms with E-state index in [9.17, 15) is 0 Å². The van der Waals surface area contributed by atoms with Crippen LogP contribution in [0.2, 0.25) is 0 Å². The van der Waals surface area contributed by atoms with Gasteiger partial charge in [0.15, 0.2) is 0 Å². The third-order valence-corrected chi connectivity index (χ3v) is 2.72. The Labute approximate surface area is 96.9 Å². The van der Waals surface area contributed by atoms with Crippen LogP contribution in [0.1, 0.15) is 5.56 Å². The fraction of sp³-hybridized carbons (Fsp3) is 0.286. The Bertz CT molecular complexity index is 489. The minimum Gasteiger partial charge on any atom is -0.377 e. The van der Waals surface area contributed by atoms with Crippen LogP contribution in [0.15, 0.2) is 36.4 Å². The molecule has 1 radical (unpaired) electrons. The first kappa shape index (κ1) is 11.0. The molecular formula is C14H17N2. The molecule has 16 heavy (non-hydrogen) atoms. The van der Waals surface area contributed by atoms with Crippen molar-refractivity contribution >= 4 is 16.5 Å². The molecule has 0 aliphatic rings. The van der Waals surface area contributed by atoms with Gasteiger partial charge in [0.05, 0.1) is 0 Å². The minimum atomic E-state index is 0.783. The predicted molar refractivity (Wildman–Crippen MR) is 70.0 cm³/mol. The summed E-state index contributed by atoms with van der Waals surface area (Å²) in [5.74, 6) is 0. The molecule has 2 rings (SSSR count). The highest BCUT2D eigenvalue weighted by molar-refractivity contribution is 5.94. The second kappa shape index (κ2) is 4.54. The van der Waals surface area contributed by atoms with E-state index < -0.39 is 0 Å². The number of rotatable bonds is 3. The Morgan fingerprint density at radius 2 is 1.88 bits per heavy atom. The highest BCUT2D eigenvalue weighted by atomic mass is 15.1. The fourth-order valence-electron chi connectivity index (χ4n) is 1.99. The second-order valence-electron chi connectivity index (χ2n) is 4.20. The van der Waals surface area contributed by atoms with E-state index in [1.165, 1.54) is 22.0 Å². The van der Waals surface area contributed by atoms with Crippen molar-refractivity contribution in [1.82, 2.24) is 5.32 Å². The van der Waals surface area contributed by atoms with E-state index in [1.54, 1.807) is 0 Å². The molecule has 0 saturated heterocycles. The van der Waals surface area contributed by atoms with Crippen molar-refractivity contribution in [2.24, 2.45) is 0 Å². The Morgan fingerprint density at radius 3 is 2.56 bits per heavy atom. The number of nitrogens with zero attached hydrogens (tertiary/aromatic N) is 2. The van der Waals surface area contributed by atoms with Gasteiger partial charge in [-0.15, -0.1) is 0 Å². The zero-order valence-corrected chi connectivity index (χ0v) is 10.1. The molecule has 83 valence electrons. The van der Waals surface area contributed by atoms with Crippen molar-refractivity contribution < 1.29 is 0 Å². The molecule has 0 aromatic heterocycles. The molecule has 0 bridgehead atoms. The molecule has 0 atom stereocenters. The van der Waals surface area contributed by atoms with Crippen molar-refractivity contribution in [2.75, 3.05) is 26.0 Å². The van der Waals surface area contributed by atoms with Crippen LogP contribution in [0.4, 0.5) is 5.69 Å². The third kappa shape index (κ3) is 2.02. The van der Waals surface area contributed by atoms with Gasteiger partial charge >= 0.3 is 0 Å². The lowest BCUT2D eigenvalue weighted by molar-refractivity contribution is 0.800. The molecular weight excluding hydrogens is 196 g/mol. The maximum Gasteiger partial charge on any atom is 0.0443 e. The van der Waals surface area contributed by atoms with E-state index in [4.69, 9.17) is 0 Å². The highest BCUT2D eigenvalue weighted by Crippen LogP contribution is 2.27. The summed E-state index contributed by atoms with van der Waals surface area (Å²) in [7, 11) is 6.01. The van der Waals surface area contributed by atoms with Crippen molar-refractivity contribution in [3.8, 4) is 0 Å². The van der Waals surface area contributed by atoms with E-state index in [-0.39, 0.29) is 0 Å². The molecule has 2 aromatic rings. The molecule has 0 spiro atoms. The van der Waals surface area contributed by atoms with E-state index in [2.05, 4.69) is 60.7 Å². The monoisotopic (exact) mass is 213 g/mol. The quantitative estimate of drug-likeness (QED) is 0.766. The van der Waals surface area contributed by atoms with Crippen molar-refractivity contribution in [3.63, 3.8) is 0 Å². The maximum absolute atomic E-state index is 4.19. The van der Waals surface area contributed by atoms with Gasteiger partial charge in [0.2, 0.25) is 0 Å². The molecule has 0 N–H and O–H groups in total. The van der Waals surface area contributed by atoms with Gasteiger partial charge in [0.1, 0.15) is 0 Å². The number of hydrogen-bond acceptors (Lipinski definition) is 1. The van der Waals surface area contributed by atoms with Crippen molar-refractivity contribution in [1.29, 1.82) is 0 Å². The van der Waals surface area contributed by atoms with Crippen LogP contribution in [0.5, 0.6) is 0 Å². The maximum atomic E-state index is 4.19. The average Bonchev–Trinajstić information content (AvgIpc) is 2.28. The van der Waals surface area contributed by atoms with Crippen LogP contribution in [-0.4, -0.2) is 21.1 Å². The molecule has 0 fully saturated rings. The summed E-state index contributed by atoms with van der Waals surface area (Å²) in [4.78, 5) is 2.15. The average molecular weight is 213 g/mol. The van der Waals surface area contributed by atoms with Gasteiger partial charge in [0.25, 0.3) is 0 Å². The van der Waals surface area contributed by atoms with Crippen LogP contribution in [-0.2, 0) is 6.54 Å². The van der Waals surface area contributed by atoms with E-state index >= 15 is 0 Å². The minimum absolute atomic E-state index is 0.783. The van der Waals surface area contributed by atoms with E-state index in [0.717, 1.165) is 6.54 Å². The molecule has 0 amide bonds. The predicted octanol–water partition coefficient (Wildman–Crippen LogP) is 2.64. The van der Waals surface area contributed by atoms with Crippen LogP contribution in [0, 0.1) is 0 Å². The first-order chi connectivity index (χ1) is 7.72. The third-order valence-electron chi connectivity index (χ3n) is 2.72. The molecule has 0 aliphatic heterocycles. The second-order valence-corrected chi connectivity index (χ2v) is 4.20. The molecule has 0 saturated carbocycles. The highest BCUT2D eigenvalue weighted by Gasteiger charge is 2.05. The number of hydrogen-bond donors (Lipinski definition) is 0. The van der Waals surface area contributed by atoms with E-state index in [1.807, 2.05) is 7.05 Å². The first-order valence-corrected chi connectivity index (χ1v) is 5.47. The zero-order chi connectivity index (χ0) is 11.5. The van der Waals surface area contributed by atoms with Crippen LogP contribution in [0.3, 0.4) is 0 Å². The number of fused-ring (bicyclic) bond motifs is 1. The van der Waals surface area contributed by atoms with Crippen LogP contribution in [0.25, 0.3) is 10.8 Å². The summed E-state index contributed by atoms with van der Waals surface area (Å²) >= 11 is 0. The summed E-state index contributed by atoms with van der Waals surface area (Å²) in [6.45, 7) is 0.783. The van der Waals surface area contributed by atoms with Gasteiger partial charge in [-0.25, -0.2) is 5.32 Å². The Balaban J connectivity index is 2.64. The molecule has 2 nitrogen and oxygen atoms in total. The van der Waals surface area contributed by atoms with Crippen LogP contribution >= 0.6 is 0 Å². The SMILES string of the molecule is C[N]Cc1cc(N(C)C)c2ccccc2c1. The molecule has 2 heteroatoms. The zero-order valence-electron chi connectivity index (χ0n) is 10.1. The lowest BCUT2D eigenvalue weighted by atomic mass is 10.0. The Hall–Kier alpha value is -1.54. The van der Waals surface area contributed by atoms with Gasteiger partial charge in [-0.2, -0.15) is 0 Å². The fourth-order valence-corrected chi connectivity index (χ4v) is 1.99. The first-order valence-electron chi connectivity index (χ1n) is 5.47. The van der Waals surface area contributed by atoms with E-state index in [0.29, 0.717) is 0 Å². The molecule has 0 aliphatic carbocycles. The van der Waals surface area contributed by atoms with Gasteiger partial charge in [0, 0.05) is 38.8 Å². The number of anilines is 1. The topological polar surface area (TPSA) is 17.3 Å². The molecule has 0 unspecified atom stereocenters. The van der Waals surface area contributed by atoms with Gasteiger partial charge in [-0.05, 0) is 23.1 Å². The van der Waals surface area contributed by atoms with Crippen LogP contribution < -0.4 is 10.2 Å². The largest absolute Gasteiger partial charge is 0.377 e. The Morgan fingerprint density at radius 1 is 1.12 bits per heavy atom. The Kier molecular flexibility index (Phi) is 3.11. The van der Waals surface area contributed by atoms with Crippen molar-refractivity contribution in [3.05, 3.63) is 42.0 Å².